The van der Waals surface area contributed by atoms with Crippen LogP contribution in [0.3, 0.4) is 0 Å². The van der Waals surface area contributed by atoms with E-state index in [0.717, 1.165) is 4.74 Å². The lowest BCUT2D eigenvalue weighted by atomic mass is 9.91. The molecule has 39 heavy (non-hydrogen) atoms. The highest BCUT2D eigenvalue weighted by molar-refractivity contribution is 7.87. The van der Waals surface area contributed by atoms with Gasteiger partial charge in [0.05, 0.1) is 0 Å². The van der Waals surface area contributed by atoms with E-state index in [0.29, 0.717) is 0 Å². The van der Waals surface area contributed by atoms with Gasteiger partial charge < -0.3 is 0 Å². The third-order valence-electron chi connectivity index (χ3n) is 4.57. The Hall–Kier alpha value is -1.34. The molecule has 0 amide bonds. The quantitative estimate of drug-likeness (QED) is 0.123. The van der Waals surface area contributed by atoms with Crippen molar-refractivity contribution in [2.24, 2.45) is 0 Å². The lowest BCUT2D eigenvalue weighted by Gasteiger charge is -2.45. The molecule has 0 aromatic heterocycles. The van der Waals surface area contributed by atoms with E-state index in [4.69, 9.17) is 0 Å². The number of hydrogen-bond donors (Lipinski definition) is 0. The van der Waals surface area contributed by atoms with Gasteiger partial charge in [0, 0.05) is 0 Å². The molecular weight excluding hydrogens is 663 g/mol. The fraction of sp³-hybridized carbons (Fsp3) is 1.00. The molecule has 0 N–H and O–H groups in total. The van der Waals surface area contributed by atoms with Crippen molar-refractivity contribution in [3.8, 4) is 0 Å². The SMILES string of the molecule is C[Si](C)(C)C(F)(F)C(F)(F)C(F)(F)C(F)(F)C(F)(F)C(F)(F)C(F)(F)C(F)(F)OC(F)(F)C(F)(F)S(=O)(=O)F. The molecule has 0 spiro atoms. The normalized spacial score (nSPS) is 17.0. The lowest BCUT2D eigenvalue weighted by Crippen LogP contribution is -2.76. The molecule has 0 aromatic rings. The van der Waals surface area contributed by atoms with Gasteiger partial charge in [-0.15, -0.1) is 0 Å². The van der Waals surface area contributed by atoms with Gasteiger partial charge in [0.1, 0.15) is 8.07 Å². The predicted octanol–water partition coefficient (Wildman–Crippen LogP) is 7.41. The zero-order valence-corrected chi connectivity index (χ0v) is 19.9. The second-order valence-corrected chi connectivity index (χ2v) is 14.9. The Morgan fingerprint density at radius 3 is 0.974 bits per heavy atom. The first-order valence-electron chi connectivity index (χ1n) is 8.63. The maximum atomic E-state index is 13.8. The summed E-state index contributed by atoms with van der Waals surface area (Å²) >= 11 is 0. The van der Waals surface area contributed by atoms with E-state index in [-0.39, 0.29) is 19.6 Å². The van der Waals surface area contributed by atoms with Crippen molar-refractivity contribution in [3.05, 3.63) is 0 Å². The Labute approximate surface area is 202 Å². The van der Waals surface area contributed by atoms with Crippen LogP contribution >= 0.6 is 0 Å². The third-order valence-corrected chi connectivity index (χ3v) is 7.62. The Bertz CT molecular complexity index is 1030. The average Bonchev–Trinajstić information content (AvgIpc) is 2.63. The molecule has 3 nitrogen and oxygen atoms in total. The van der Waals surface area contributed by atoms with Gasteiger partial charge in [-0.25, -0.2) is 13.5 Å². The number of hydrogen-bond acceptors (Lipinski definition) is 3. The van der Waals surface area contributed by atoms with Crippen LogP contribution in [0.5, 0.6) is 0 Å². The molecule has 236 valence electrons. The number of rotatable bonds is 12. The van der Waals surface area contributed by atoms with Crippen LogP contribution in [-0.4, -0.2) is 75.0 Å². The first-order valence-corrected chi connectivity index (χ1v) is 13.5. The maximum absolute atomic E-state index is 13.8. The standard InChI is InChI=1S/C13H9F21O3SSi/c1-39(2,3)13(32,33)9(24,25)7(20,21)5(16,17)4(14,15)6(18,19)8(22,23)10(26,27)37-11(28,29)12(30,31)38(34,35)36/h1-3H3. The van der Waals surface area contributed by atoms with Crippen molar-refractivity contribution >= 4 is 18.3 Å². The second kappa shape index (κ2) is 9.08. The minimum Gasteiger partial charge on any atom is -0.244 e. The first kappa shape index (κ1) is 37.7. The van der Waals surface area contributed by atoms with Crippen LogP contribution in [0.1, 0.15) is 0 Å². The van der Waals surface area contributed by atoms with Crippen molar-refractivity contribution in [2.75, 3.05) is 0 Å². The van der Waals surface area contributed by atoms with Gasteiger partial charge in [-0.3, -0.25) is 0 Å². The highest BCUT2D eigenvalue weighted by Gasteiger charge is 2.96. The summed E-state index contributed by atoms with van der Waals surface area (Å²) < 4.78 is 302. The van der Waals surface area contributed by atoms with Gasteiger partial charge in [0.15, 0.2) is 0 Å². The van der Waals surface area contributed by atoms with Gasteiger partial charge in [-0.05, 0) is 0 Å². The summed E-state index contributed by atoms with van der Waals surface area (Å²) in [5.74, 6) is -52.4. The summed E-state index contributed by atoms with van der Waals surface area (Å²) in [4.78, 5) is 0. The van der Waals surface area contributed by atoms with E-state index in [1.807, 2.05) is 0 Å². The second-order valence-electron chi connectivity index (χ2n) is 8.36. The van der Waals surface area contributed by atoms with Crippen LogP contribution in [0.2, 0.25) is 19.6 Å². The third kappa shape index (κ3) is 4.91. The van der Waals surface area contributed by atoms with E-state index in [9.17, 15) is 100 Å². The first-order chi connectivity index (χ1) is 16.2. The minimum absolute atomic E-state index is 0.0124. The molecule has 0 rings (SSSR count). The highest BCUT2D eigenvalue weighted by atomic mass is 32.3. The number of ether oxygens (including phenoxy) is 1. The van der Waals surface area contributed by atoms with E-state index >= 15 is 0 Å². The molecule has 0 heterocycles. The Balaban J connectivity index is 7.07. The van der Waals surface area contributed by atoms with Crippen LogP contribution in [0.4, 0.5) is 91.7 Å². The van der Waals surface area contributed by atoms with Crippen LogP contribution in [-0.2, 0) is 15.0 Å². The van der Waals surface area contributed by atoms with Crippen LogP contribution in [0.25, 0.3) is 0 Å². The summed E-state index contributed by atoms with van der Waals surface area (Å²) in [5, 5.41) is -7.74. The molecule has 0 radical (unpaired) electrons. The summed E-state index contributed by atoms with van der Waals surface area (Å²) in [6.07, 6.45) is -16.5. The summed E-state index contributed by atoms with van der Waals surface area (Å²) in [7, 11) is -13.5. The molecular formula is C13H9F21O3SSi. The fourth-order valence-corrected chi connectivity index (χ4v) is 3.49. The van der Waals surface area contributed by atoms with Crippen molar-refractivity contribution in [2.45, 2.75) is 78.2 Å². The van der Waals surface area contributed by atoms with Crippen LogP contribution in [0, 0.1) is 0 Å². The number of alkyl halides is 20. The van der Waals surface area contributed by atoms with Gasteiger partial charge in [0.2, 0.25) is 0 Å². The van der Waals surface area contributed by atoms with Crippen molar-refractivity contribution < 1.29 is 105 Å². The Morgan fingerprint density at radius 1 is 0.462 bits per heavy atom. The summed E-state index contributed by atoms with van der Waals surface area (Å²) in [6, 6.07) is 0. The predicted molar refractivity (Wildman–Crippen MR) is 83.9 cm³/mol. The van der Waals surface area contributed by atoms with Crippen molar-refractivity contribution in [1.82, 2.24) is 0 Å². The molecule has 26 heteroatoms. The van der Waals surface area contributed by atoms with Crippen LogP contribution in [0.15, 0.2) is 0 Å². The smallest absolute Gasteiger partial charge is 0.244 e. The van der Waals surface area contributed by atoms with Crippen molar-refractivity contribution in [3.63, 3.8) is 0 Å². The fourth-order valence-electron chi connectivity index (χ4n) is 2.07. The molecule has 0 unspecified atom stereocenters. The largest absolute Gasteiger partial charge is 0.464 e. The zero-order chi connectivity index (χ0) is 32.7. The lowest BCUT2D eigenvalue weighted by molar-refractivity contribution is -0.503. The topological polar surface area (TPSA) is 43.4 Å². The summed E-state index contributed by atoms with van der Waals surface area (Å²) in [5.41, 5.74) is -6.49. The van der Waals surface area contributed by atoms with Gasteiger partial charge in [0.25, 0.3) is 5.55 Å². The van der Waals surface area contributed by atoms with E-state index < -0.39 is 76.8 Å². The highest BCUT2D eigenvalue weighted by Crippen LogP contribution is 2.65. The molecule has 0 bridgehead atoms. The number of halogens is 21. The molecule has 0 saturated heterocycles. The Morgan fingerprint density at radius 2 is 0.718 bits per heavy atom. The van der Waals surface area contributed by atoms with E-state index in [2.05, 4.69) is 0 Å². The monoisotopic (exact) mass is 672 g/mol. The minimum atomic E-state index is -9.10. The van der Waals surface area contributed by atoms with Gasteiger partial charge in [-0.1, -0.05) is 23.5 Å². The molecule has 0 atom stereocenters. The molecule has 0 saturated carbocycles. The van der Waals surface area contributed by atoms with E-state index in [1.54, 1.807) is 0 Å². The zero-order valence-electron chi connectivity index (χ0n) is 18.1. The Kier molecular flexibility index (Phi) is 8.76. The maximum Gasteiger partial charge on any atom is 0.464 e. The molecule has 0 aliphatic carbocycles. The van der Waals surface area contributed by atoms with Crippen molar-refractivity contribution in [1.29, 1.82) is 0 Å². The molecule has 0 aliphatic rings. The van der Waals surface area contributed by atoms with E-state index in [1.165, 1.54) is 0 Å². The average molecular weight is 672 g/mol. The van der Waals surface area contributed by atoms with Crippen LogP contribution < -0.4 is 0 Å². The van der Waals surface area contributed by atoms with Gasteiger partial charge in [-0.2, -0.15) is 87.4 Å². The summed E-state index contributed by atoms with van der Waals surface area (Å²) in [6.45, 7) is -0.0372. The molecule has 0 aromatic carbocycles. The van der Waals surface area contributed by atoms with Gasteiger partial charge >= 0.3 is 63.2 Å². The molecule has 0 aliphatic heterocycles. The molecule has 0 fully saturated rings.